The Morgan fingerprint density at radius 1 is 1.42 bits per heavy atom. The third kappa shape index (κ3) is 3.32. The van der Waals surface area contributed by atoms with E-state index in [2.05, 4.69) is 21.5 Å². The molecule has 0 aliphatic carbocycles. The van der Waals surface area contributed by atoms with Crippen molar-refractivity contribution < 1.29 is 0 Å². The van der Waals surface area contributed by atoms with Crippen LogP contribution >= 0.6 is 0 Å². The van der Waals surface area contributed by atoms with E-state index in [1.54, 1.807) is 6.20 Å². The molecule has 0 radical (unpaired) electrons. The molecule has 0 unspecified atom stereocenters. The zero-order chi connectivity index (χ0) is 13.7. The number of nitrogens with zero attached hydrogens (tertiary/aromatic N) is 4. The largest absolute Gasteiger partial charge is 0.384 e. The molecule has 0 saturated carbocycles. The highest BCUT2D eigenvalue weighted by molar-refractivity contribution is 5.59. The molecule has 0 atom stereocenters. The number of nitriles is 1. The second-order valence-electron chi connectivity index (χ2n) is 4.43. The van der Waals surface area contributed by atoms with Crippen molar-refractivity contribution in [2.75, 3.05) is 11.9 Å². The van der Waals surface area contributed by atoms with Crippen LogP contribution in [0.15, 0.2) is 24.5 Å². The first-order valence-electron chi connectivity index (χ1n) is 6.30. The number of pyridine rings is 1. The van der Waals surface area contributed by atoms with Crippen LogP contribution in [-0.4, -0.2) is 21.3 Å². The van der Waals surface area contributed by atoms with Crippen molar-refractivity contribution in [1.82, 2.24) is 14.8 Å². The van der Waals surface area contributed by atoms with E-state index in [0.29, 0.717) is 5.56 Å². The van der Waals surface area contributed by atoms with Crippen molar-refractivity contribution in [3.63, 3.8) is 0 Å². The number of rotatable bonds is 5. The van der Waals surface area contributed by atoms with E-state index in [1.807, 2.05) is 36.9 Å². The minimum atomic E-state index is 0.629. The van der Waals surface area contributed by atoms with Gasteiger partial charge in [-0.15, -0.1) is 0 Å². The molecule has 0 spiro atoms. The molecule has 0 bridgehead atoms. The summed E-state index contributed by atoms with van der Waals surface area (Å²) in [4.78, 5) is 4.30. The summed E-state index contributed by atoms with van der Waals surface area (Å²) < 4.78 is 1.90. The Morgan fingerprint density at radius 3 is 2.95 bits per heavy atom. The minimum Gasteiger partial charge on any atom is -0.384 e. The Labute approximate surface area is 112 Å². The Kier molecular flexibility index (Phi) is 4.14. The van der Waals surface area contributed by atoms with Crippen molar-refractivity contribution in [2.45, 2.75) is 26.8 Å². The van der Waals surface area contributed by atoms with Crippen LogP contribution in [0, 0.1) is 25.2 Å². The maximum atomic E-state index is 9.15. The molecule has 2 aromatic rings. The van der Waals surface area contributed by atoms with Crippen LogP contribution in [-0.2, 0) is 6.54 Å². The molecule has 5 nitrogen and oxygen atoms in total. The Morgan fingerprint density at radius 2 is 2.26 bits per heavy atom. The van der Waals surface area contributed by atoms with Gasteiger partial charge in [-0.3, -0.25) is 9.67 Å². The van der Waals surface area contributed by atoms with Crippen molar-refractivity contribution in [3.8, 4) is 6.07 Å². The van der Waals surface area contributed by atoms with Crippen LogP contribution in [0.4, 0.5) is 5.69 Å². The number of nitrogens with one attached hydrogen (secondary N) is 1. The van der Waals surface area contributed by atoms with Gasteiger partial charge in [0.25, 0.3) is 0 Å². The van der Waals surface area contributed by atoms with Crippen molar-refractivity contribution in [3.05, 3.63) is 41.5 Å². The molecule has 0 fully saturated rings. The van der Waals surface area contributed by atoms with Gasteiger partial charge in [-0.2, -0.15) is 10.4 Å². The summed E-state index contributed by atoms with van der Waals surface area (Å²) >= 11 is 0. The van der Waals surface area contributed by atoms with Crippen LogP contribution in [0.5, 0.6) is 0 Å². The predicted molar refractivity (Wildman–Crippen MR) is 73.8 cm³/mol. The number of aryl methyl sites for hydroxylation is 3. The quantitative estimate of drug-likeness (QED) is 0.832. The van der Waals surface area contributed by atoms with Crippen LogP contribution in [0.25, 0.3) is 0 Å². The van der Waals surface area contributed by atoms with E-state index >= 15 is 0 Å². The molecule has 2 rings (SSSR count). The third-order valence-corrected chi connectivity index (χ3v) is 2.88. The van der Waals surface area contributed by atoms with Crippen LogP contribution in [0.1, 0.15) is 23.4 Å². The van der Waals surface area contributed by atoms with E-state index in [0.717, 1.165) is 36.6 Å². The van der Waals surface area contributed by atoms with Gasteiger partial charge in [-0.25, -0.2) is 0 Å². The van der Waals surface area contributed by atoms with Gasteiger partial charge in [0.2, 0.25) is 0 Å². The lowest BCUT2D eigenvalue weighted by Gasteiger charge is -2.10. The molecular weight excluding hydrogens is 238 g/mol. The smallest absolute Gasteiger partial charge is 0.103 e. The SMILES string of the molecule is Cc1cc(NCCCn2cccn2)c(C#N)c(C)n1. The van der Waals surface area contributed by atoms with Crippen molar-refractivity contribution >= 4 is 5.69 Å². The first-order chi connectivity index (χ1) is 9.20. The van der Waals surface area contributed by atoms with Gasteiger partial charge in [0.15, 0.2) is 0 Å². The van der Waals surface area contributed by atoms with Crippen molar-refractivity contribution in [2.24, 2.45) is 0 Å². The molecular formula is C14H17N5. The fourth-order valence-electron chi connectivity index (χ4n) is 2.01. The summed E-state index contributed by atoms with van der Waals surface area (Å²) in [5.41, 5.74) is 3.20. The second kappa shape index (κ2) is 6.01. The molecule has 19 heavy (non-hydrogen) atoms. The van der Waals surface area contributed by atoms with Crippen LogP contribution in [0.2, 0.25) is 0 Å². The minimum absolute atomic E-state index is 0.629. The molecule has 0 amide bonds. The second-order valence-corrected chi connectivity index (χ2v) is 4.43. The highest BCUT2D eigenvalue weighted by Crippen LogP contribution is 2.18. The lowest BCUT2D eigenvalue weighted by molar-refractivity contribution is 0.592. The number of anilines is 1. The van der Waals surface area contributed by atoms with E-state index in [9.17, 15) is 0 Å². The van der Waals surface area contributed by atoms with E-state index in [1.165, 1.54) is 0 Å². The molecule has 0 saturated heterocycles. The summed E-state index contributed by atoms with van der Waals surface area (Å²) in [6.45, 7) is 5.46. The molecule has 2 heterocycles. The highest BCUT2D eigenvalue weighted by Gasteiger charge is 2.07. The summed E-state index contributed by atoms with van der Waals surface area (Å²) in [5.74, 6) is 0. The van der Waals surface area contributed by atoms with E-state index in [4.69, 9.17) is 5.26 Å². The van der Waals surface area contributed by atoms with Gasteiger partial charge >= 0.3 is 0 Å². The molecule has 0 aromatic carbocycles. The molecule has 1 N–H and O–H groups in total. The monoisotopic (exact) mass is 255 g/mol. The Balaban J connectivity index is 1.94. The first kappa shape index (κ1) is 13.1. The van der Waals surface area contributed by atoms with E-state index in [-0.39, 0.29) is 0 Å². The summed E-state index contributed by atoms with van der Waals surface area (Å²) in [6, 6.07) is 6.03. The fourth-order valence-corrected chi connectivity index (χ4v) is 2.01. The van der Waals surface area contributed by atoms with Gasteiger partial charge in [0.1, 0.15) is 6.07 Å². The zero-order valence-corrected chi connectivity index (χ0v) is 11.2. The number of aromatic nitrogens is 3. The van der Waals surface area contributed by atoms with Gasteiger partial charge in [-0.1, -0.05) is 0 Å². The lowest BCUT2D eigenvalue weighted by atomic mass is 10.1. The summed E-state index contributed by atoms with van der Waals surface area (Å²) in [7, 11) is 0. The molecule has 2 aromatic heterocycles. The van der Waals surface area contributed by atoms with Gasteiger partial charge in [-0.05, 0) is 32.4 Å². The van der Waals surface area contributed by atoms with E-state index < -0.39 is 0 Å². The fraction of sp³-hybridized carbons (Fsp3) is 0.357. The number of hydrogen-bond acceptors (Lipinski definition) is 4. The van der Waals surface area contributed by atoms with Gasteiger partial charge in [0, 0.05) is 31.2 Å². The summed E-state index contributed by atoms with van der Waals surface area (Å²) in [6.07, 6.45) is 4.67. The average Bonchev–Trinajstić information content (AvgIpc) is 2.87. The molecule has 98 valence electrons. The molecule has 5 heteroatoms. The Hall–Kier alpha value is -2.35. The van der Waals surface area contributed by atoms with Crippen LogP contribution < -0.4 is 5.32 Å². The predicted octanol–water partition coefficient (Wildman–Crippen LogP) is 2.27. The van der Waals surface area contributed by atoms with Crippen molar-refractivity contribution in [1.29, 1.82) is 5.26 Å². The van der Waals surface area contributed by atoms with Gasteiger partial charge in [0.05, 0.1) is 16.9 Å². The zero-order valence-electron chi connectivity index (χ0n) is 11.2. The average molecular weight is 255 g/mol. The molecule has 0 aliphatic heterocycles. The number of hydrogen-bond donors (Lipinski definition) is 1. The first-order valence-corrected chi connectivity index (χ1v) is 6.30. The lowest BCUT2D eigenvalue weighted by Crippen LogP contribution is -2.09. The normalized spacial score (nSPS) is 10.2. The highest BCUT2D eigenvalue weighted by atomic mass is 15.3. The maximum absolute atomic E-state index is 9.15. The standard InChI is InChI=1S/C14H17N5/c1-11-9-14(13(10-15)12(2)18-11)16-5-3-7-19-8-4-6-17-19/h4,6,8-9H,3,5,7H2,1-2H3,(H,16,18). The third-order valence-electron chi connectivity index (χ3n) is 2.88. The summed E-state index contributed by atoms with van der Waals surface area (Å²) in [5, 5.41) is 16.6. The maximum Gasteiger partial charge on any atom is 0.103 e. The van der Waals surface area contributed by atoms with Crippen LogP contribution in [0.3, 0.4) is 0 Å². The topological polar surface area (TPSA) is 66.5 Å². The molecule has 0 aliphatic rings. The van der Waals surface area contributed by atoms with Gasteiger partial charge < -0.3 is 5.32 Å². The Bertz CT molecular complexity index is 581.